The van der Waals surface area contributed by atoms with E-state index in [0.717, 1.165) is 15.3 Å². The van der Waals surface area contributed by atoms with Crippen LogP contribution in [-0.2, 0) is 0 Å². The number of hydrogen-bond acceptors (Lipinski definition) is 8. The minimum atomic E-state index is -0.524. The van der Waals surface area contributed by atoms with Crippen molar-refractivity contribution < 1.29 is 14.4 Å². The molecule has 25 heavy (non-hydrogen) atoms. The Morgan fingerprint density at radius 3 is 2.92 bits per heavy atom. The van der Waals surface area contributed by atoms with Crippen LogP contribution in [0.2, 0.25) is 0 Å². The fraction of sp³-hybridized carbons (Fsp3) is 0.133. The first-order chi connectivity index (χ1) is 12.0. The van der Waals surface area contributed by atoms with Crippen LogP contribution < -0.4 is 14.9 Å². The Kier molecular flexibility index (Phi) is 6.47. The fourth-order valence-electron chi connectivity index (χ4n) is 1.79. The Morgan fingerprint density at radius 2 is 2.32 bits per heavy atom. The molecular formula is C15H12IN5O4. The zero-order chi connectivity index (χ0) is 18.2. The highest BCUT2D eigenvalue weighted by molar-refractivity contribution is 14.1. The van der Waals surface area contributed by atoms with Gasteiger partial charge in [-0.15, -0.1) is 0 Å². The van der Waals surface area contributed by atoms with Crippen LogP contribution in [0.3, 0.4) is 0 Å². The SMILES string of the molecule is COc1cc(/C=N\Nc2ccc([N+](=O)[O-])cn2)cc(I)c1OCC#N. The van der Waals surface area contributed by atoms with Crippen molar-refractivity contribution in [2.75, 3.05) is 19.1 Å². The predicted molar refractivity (Wildman–Crippen MR) is 98.9 cm³/mol. The van der Waals surface area contributed by atoms with Gasteiger partial charge in [0, 0.05) is 6.07 Å². The summed E-state index contributed by atoms with van der Waals surface area (Å²) in [5, 5.41) is 23.2. The predicted octanol–water partition coefficient (Wildman–Crippen LogP) is 2.95. The molecule has 1 aromatic carbocycles. The summed E-state index contributed by atoms with van der Waals surface area (Å²) in [6.45, 7) is -0.0762. The molecule has 10 heteroatoms. The zero-order valence-electron chi connectivity index (χ0n) is 13.0. The molecule has 0 unspecified atom stereocenters. The van der Waals surface area contributed by atoms with Crippen LogP contribution in [0.4, 0.5) is 11.5 Å². The molecule has 0 bridgehead atoms. The summed E-state index contributed by atoms with van der Waals surface area (Å²) in [6.07, 6.45) is 2.69. The van der Waals surface area contributed by atoms with Crippen LogP contribution in [0.1, 0.15) is 5.56 Å². The molecule has 0 saturated carbocycles. The van der Waals surface area contributed by atoms with Crippen molar-refractivity contribution >= 4 is 40.3 Å². The second-order valence-corrected chi connectivity index (χ2v) is 5.67. The van der Waals surface area contributed by atoms with E-state index in [0.29, 0.717) is 17.3 Å². The molecule has 0 fully saturated rings. The van der Waals surface area contributed by atoms with Gasteiger partial charge in [0.15, 0.2) is 18.1 Å². The first-order valence-corrected chi connectivity index (χ1v) is 7.90. The number of pyridine rings is 1. The van der Waals surface area contributed by atoms with Gasteiger partial charge in [-0.25, -0.2) is 4.98 Å². The number of nitrogens with one attached hydrogen (secondary N) is 1. The maximum absolute atomic E-state index is 10.6. The topological polar surface area (TPSA) is 123 Å². The smallest absolute Gasteiger partial charge is 0.287 e. The number of methoxy groups -OCH3 is 1. The van der Waals surface area contributed by atoms with Gasteiger partial charge in [-0.3, -0.25) is 15.5 Å². The van der Waals surface area contributed by atoms with Crippen molar-refractivity contribution in [2.45, 2.75) is 0 Å². The second-order valence-electron chi connectivity index (χ2n) is 4.51. The molecule has 0 atom stereocenters. The van der Waals surface area contributed by atoms with Crippen molar-refractivity contribution in [1.82, 2.24) is 4.98 Å². The molecular weight excluding hydrogens is 441 g/mol. The highest BCUT2D eigenvalue weighted by Crippen LogP contribution is 2.33. The molecule has 0 amide bonds. The van der Waals surface area contributed by atoms with Gasteiger partial charge in [0.1, 0.15) is 18.1 Å². The van der Waals surface area contributed by atoms with Crippen LogP contribution in [-0.4, -0.2) is 29.8 Å². The average Bonchev–Trinajstić information content (AvgIpc) is 2.61. The Morgan fingerprint density at radius 1 is 1.52 bits per heavy atom. The zero-order valence-corrected chi connectivity index (χ0v) is 15.1. The van der Waals surface area contributed by atoms with Crippen LogP contribution >= 0.6 is 22.6 Å². The number of nitrogens with zero attached hydrogens (tertiary/aromatic N) is 4. The maximum Gasteiger partial charge on any atom is 0.287 e. The molecule has 2 aromatic rings. The van der Waals surface area contributed by atoms with Gasteiger partial charge < -0.3 is 9.47 Å². The summed E-state index contributed by atoms with van der Waals surface area (Å²) in [5.74, 6) is 1.35. The number of hydrogen-bond donors (Lipinski definition) is 1. The van der Waals surface area contributed by atoms with Gasteiger partial charge in [-0.2, -0.15) is 10.4 Å². The van der Waals surface area contributed by atoms with E-state index >= 15 is 0 Å². The normalized spacial score (nSPS) is 10.3. The quantitative estimate of drug-likeness (QED) is 0.296. The van der Waals surface area contributed by atoms with Gasteiger partial charge in [0.25, 0.3) is 5.69 Å². The van der Waals surface area contributed by atoms with Gasteiger partial charge in [-0.1, -0.05) is 0 Å². The second kappa shape index (κ2) is 8.78. The molecule has 0 aliphatic rings. The van der Waals surface area contributed by atoms with Gasteiger partial charge in [0.2, 0.25) is 0 Å². The Hall–Kier alpha value is -2.94. The van der Waals surface area contributed by atoms with Crippen LogP contribution in [0, 0.1) is 25.0 Å². The standard InChI is InChI=1S/C15H12IN5O4/c1-24-13-7-10(6-12(16)15(13)25-5-4-17)8-19-20-14-3-2-11(9-18-14)21(22)23/h2-3,6-9H,5H2,1H3,(H,18,20)/b19-8-. The molecule has 1 heterocycles. The summed E-state index contributed by atoms with van der Waals surface area (Å²) in [7, 11) is 1.50. The summed E-state index contributed by atoms with van der Waals surface area (Å²) in [4.78, 5) is 13.9. The molecule has 0 aliphatic carbocycles. The Labute approximate surface area is 156 Å². The fourth-order valence-corrected chi connectivity index (χ4v) is 2.57. The summed E-state index contributed by atoms with van der Waals surface area (Å²) >= 11 is 2.07. The van der Waals surface area contributed by atoms with E-state index in [9.17, 15) is 10.1 Å². The van der Waals surface area contributed by atoms with E-state index in [1.165, 1.54) is 19.2 Å². The lowest BCUT2D eigenvalue weighted by molar-refractivity contribution is -0.385. The summed E-state index contributed by atoms with van der Waals surface area (Å²) < 4.78 is 11.4. The van der Waals surface area contributed by atoms with Crippen molar-refractivity contribution in [2.24, 2.45) is 5.10 Å². The van der Waals surface area contributed by atoms with Crippen molar-refractivity contribution in [3.05, 3.63) is 49.7 Å². The highest BCUT2D eigenvalue weighted by atomic mass is 127. The molecule has 0 saturated heterocycles. The number of rotatable bonds is 7. The number of nitro groups is 1. The molecule has 0 aliphatic heterocycles. The van der Waals surface area contributed by atoms with E-state index in [1.807, 2.05) is 12.1 Å². The van der Waals surface area contributed by atoms with Crippen molar-refractivity contribution in [1.29, 1.82) is 5.26 Å². The largest absolute Gasteiger partial charge is 0.493 e. The van der Waals surface area contributed by atoms with Gasteiger partial charge >= 0.3 is 0 Å². The lowest BCUT2D eigenvalue weighted by atomic mass is 10.2. The van der Waals surface area contributed by atoms with Crippen molar-refractivity contribution in [3.63, 3.8) is 0 Å². The number of halogens is 1. The number of ether oxygens (including phenoxy) is 2. The highest BCUT2D eigenvalue weighted by Gasteiger charge is 2.11. The monoisotopic (exact) mass is 453 g/mol. The minimum absolute atomic E-state index is 0.0762. The molecule has 0 radical (unpaired) electrons. The Bertz CT molecular complexity index is 833. The third-order valence-electron chi connectivity index (χ3n) is 2.88. The maximum atomic E-state index is 10.6. The van der Waals surface area contributed by atoms with E-state index in [-0.39, 0.29) is 12.3 Å². The van der Waals surface area contributed by atoms with E-state index < -0.39 is 4.92 Å². The van der Waals surface area contributed by atoms with Gasteiger partial charge in [0.05, 0.1) is 21.8 Å². The third-order valence-corrected chi connectivity index (χ3v) is 3.69. The average molecular weight is 453 g/mol. The number of aromatic nitrogens is 1. The van der Waals surface area contributed by atoms with Crippen molar-refractivity contribution in [3.8, 4) is 17.6 Å². The van der Waals surface area contributed by atoms with Gasteiger partial charge in [-0.05, 0) is 46.4 Å². The molecule has 1 aromatic heterocycles. The lowest BCUT2D eigenvalue weighted by Crippen LogP contribution is -2.00. The first kappa shape index (κ1) is 18.4. The summed E-state index contributed by atoms with van der Waals surface area (Å²) in [6, 6.07) is 8.22. The number of benzene rings is 1. The van der Waals surface area contributed by atoms with E-state index in [4.69, 9.17) is 14.7 Å². The number of nitriles is 1. The lowest BCUT2D eigenvalue weighted by Gasteiger charge is -2.11. The van der Waals surface area contributed by atoms with E-state index in [2.05, 4.69) is 38.1 Å². The molecule has 1 N–H and O–H groups in total. The minimum Gasteiger partial charge on any atom is -0.493 e. The van der Waals surface area contributed by atoms with Crippen LogP contribution in [0.25, 0.3) is 0 Å². The summed E-state index contributed by atoms with van der Waals surface area (Å²) in [5.41, 5.74) is 3.32. The third kappa shape index (κ3) is 5.01. The molecule has 2 rings (SSSR count). The molecule has 128 valence electrons. The van der Waals surface area contributed by atoms with Crippen LogP contribution in [0.5, 0.6) is 11.5 Å². The first-order valence-electron chi connectivity index (χ1n) is 6.82. The Balaban J connectivity index is 2.11. The van der Waals surface area contributed by atoms with Crippen LogP contribution in [0.15, 0.2) is 35.6 Å². The van der Waals surface area contributed by atoms with E-state index in [1.54, 1.807) is 12.3 Å². The molecule has 0 spiro atoms. The number of hydrazone groups is 1. The number of anilines is 1. The molecule has 9 nitrogen and oxygen atoms in total.